The van der Waals surface area contributed by atoms with E-state index in [1.165, 1.54) is 39.0 Å². The average molecular weight is 268 g/mol. The highest BCUT2D eigenvalue weighted by molar-refractivity contribution is 5.82. The number of aliphatic carboxylic acids is 1. The smallest absolute Gasteiger partial charge is 0.327 e. The molecule has 0 aromatic rings. The van der Waals surface area contributed by atoms with Gasteiger partial charge in [0.1, 0.15) is 6.04 Å². The van der Waals surface area contributed by atoms with Gasteiger partial charge in [-0.2, -0.15) is 0 Å². The molecule has 0 radical (unpaired) electrons. The van der Waals surface area contributed by atoms with Crippen LogP contribution in [0.2, 0.25) is 0 Å². The van der Waals surface area contributed by atoms with E-state index in [1.807, 2.05) is 0 Å². The molecule has 5 heteroatoms. The number of piperidine rings is 1. The zero-order chi connectivity index (χ0) is 13.8. The summed E-state index contributed by atoms with van der Waals surface area (Å²) in [6, 6.07) is -0.253. The minimum atomic E-state index is -0.937. The number of amides is 1. The molecular weight excluding hydrogens is 244 g/mol. The van der Waals surface area contributed by atoms with Crippen molar-refractivity contribution in [2.24, 2.45) is 5.92 Å². The second-order valence-electron chi connectivity index (χ2n) is 5.84. The molecule has 2 fully saturated rings. The largest absolute Gasteiger partial charge is 0.480 e. The predicted molar refractivity (Wildman–Crippen MR) is 71.8 cm³/mol. The molecule has 3 atom stereocenters. The first-order valence-corrected chi connectivity index (χ1v) is 7.32. The van der Waals surface area contributed by atoms with E-state index in [9.17, 15) is 14.7 Å². The van der Waals surface area contributed by atoms with Crippen molar-refractivity contribution in [3.8, 4) is 0 Å². The Bertz CT molecular complexity index is 344. The molecule has 0 aromatic heterocycles. The van der Waals surface area contributed by atoms with Crippen molar-refractivity contribution in [1.29, 1.82) is 0 Å². The second-order valence-corrected chi connectivity index (χ2v) is 5.84. The van der Waals surface area contributed by atoms with Crippen LogP contribution < -0.4 is 5.32 Å². The van der Waals surface area contributed by atoms with Gasteiger partial charge in [0.25, 0.3) is 0 Å². The number of carbonyl (C=O) groups excluding carboxylic acids is 1. The second kappa shape index (κ2) is 6.37. The summed E-state index contributed by atoms with van der Waals surface area (Å²) >= 11 is 0. The molecular formula is C14H24N2O3. The molecule has 2 rings (SSSR count). The Hall–Kier alpha value is -1.10. The molecule has 1 saturated carbocycles. The molecule has 108 valence electrons. The standard InChI is InChI=1S/C14H24N2O3/c1-10(17)15-12(14(18)19)9-16-8-4-6-11-5-2-3-7-13(11)16/h11-13H,2-9H2,1H3,(H,15,17)(H,18,19)/t11-,12?,13-/m1/s1. The highest BCUT2D eigenvalue weighted by Crippen LogP contribution is 2.35. The van der Waals surface area contributed by atoms with E-state index in [0.29, 0.717) is 12.6 Å². The van der Waals surface area contributed by atoms with Gasteiger partial charge in [-0.05, 0) is 38.1 Å². The number of nitrogens with zero attached hydrogens (tertiary/aromatic N) is 1. The molecule has 0 bridgehead atoms. The maximum atomic E-state index is 11.2. The van der Waals surface area contributed by atoms with Crippen LogP contribution in [-0.2, 0) is 9.59 Å². The lowest BCUT2D eigenvalue weighted by molar-refractivity contribution is -0.142. The minimum absolute atomic E-state index is 0.274. The Morgan fingerprint density at radius 1 is 1.26 bits per heavy atom. The monoisotopic (exact) mass is 268 g/mol. The first kappa shape index (κ1) is 14.3. The van der Waals surface area contributed by atoms with Crippen LogP contribution in [0.5, 0.6) is 0 Å². The Labute approximate surface area is 114 Å². The highest BCUT2D eigenvalue weighted by Gasteiger charge is 2.35. The van der Waals surface area contributed by atoms with E-state index >= 15 is 0 Å². The molecule has 5 nitrogen and oxygen atoms in total. The molecule has 1 heterocycles. The van der Waals surface area contributed by atoms with Gasteiger partial charge in [0, 0.05) is 19.5 Å². The van der Waals surface area contributed by atoms with Crippen molar-refractivity contribution in [3.05, 3.63) is 0 Å². The van der Waals surface area contributed by atoms with Gasteiger partial charge in [0.15, 0.2) is 0 Å². The number of fused-ring (bicyclic) bond motifs is 1. The van der Waals surface area contributed by atoms with Crippen molar-refractivity contribution < 1.29 is 14.7 Å². The van der Waals surface area contributed by atoms with Crippen LogP contribution in [0.15, 0.2) is 0 Å². The van der Waals surface area contributed by atoms with E-state index in [-0.39, 0.29) is 5.91 Å². The molecule has 1 aliphatic heterocycles. The molecule has 19 heavy (non-hydrogen) atoms. The summed E-state index contributed by atoms with van der Waals surface area (Å²) in [4.78, 5) is 24.6. The van der Waals surface area contributed by atoms with E-state index in [0.717, 1.165) is 18.9 Å². The van der Waals surface area contributed by atoms with Crippen LogP contribution >= 0.6 is 0 Å². The lowest BCUT2D eigenvalue weighted by Gasteiger charge is -2.44. The fraction of sp³-hybridized carbons (Fsp3) is 0.857. The summed E-state index contributed by atoms with van der Waals surface area (Å²) in [5.74, 6) is -0.480. The van der Waals surface area contributed by atoms with Crippen LogP contribution in [0.3, 0.4) is 0 Å². The Kier molecular flexibility index (Phi) is 4.80. The number of carbonyl (C=O) groups is 2. The molecule has 1 saturated heterocycles. The van der Waals surface area contributed by atoms with Gasteiger partial charge >= 0.3 is 5.97 Å². The zero-order valence-corrected chi connectivity index (χ0v) is 11.6. The summed E-state index contributed by atoms with van der Waals surface area (Å²) < 4.78 is 0. The normalized spacial score (nSPS) is 29.3. The third-order valence-electron chi connectivity index (χ3n) is 4.45. The third kappa shape index (κ3) is 3.69. The average Bonchev–Trinajstić information content (AvgIpc) is 2.37. The van der Waals surface area contributed by atoms with Crippen LogP contribution in [-0.4, -0.2) is 47.1 Å². The van der Waals surface area contributed by atoms with E-state index in [1.54, 1.807) is 0 Å². The fourth-order valence-corrected chi connectivity index (χ4v) is 3.62. The summed E-state index contributed by atoms with van der Waals surface area (Å²) in [6.07, 6.45) is 7.43. The molecule has 0 spiro atoms. The number of hydrogen-bond donors (Lipinski definition) is 2. The van der Waals surface area contributed by atoms with E-state index in [4.69, 9.17) is 0 Å². The van der Waals surface area contributed by atoms with Gasteiger partial charge in [-0.3, -0.25) is 9.69 Å². The third-order valence-corrected chi connectivity index (χ3v) is 4.45. The lowest BCUT2D eigenvalue weighted by atomic mass is 9.78. The molecule has 2 N–H and O–H groups in total. The lowest BCUT2D eigenvalue weighted by Crippen LogP contribution is -2.54. The summed E-state index contributed by atoms with van der Waals surface area (Å²) in [6.45, 7) is 2.77. The number of nitrogens with one attached hydrogen (secondary N) is 1. The topological polar surface area (TPSA) is 69.6 Å². The van der Waals surface area contributed by atoms with Gasteiger partial charge < -0.3 is 10.4 Å². The number of carboxylic acids is 1. The Morgan fingerprint density at radius 2 is 1.95 bits per heavy atom. The maximum absolute atomic E-state index is 11.2. The van der Waals surface area contributed by atoms with E-state index < -0.39 is 12.0 Å². The maximum Gasteiger partial charge on any atom is 0.327 e. The van der Waals surface area contributed by atoms with Crippen molar-refractivity contribution in [2.45, 2.75) is 57.5 Å². The van der Waals surface area contributed by atoms with Crippen LogP contribution in [0.1, 0.15) is 45.4 Å². The molecule has 1 unspecified atom stereocenters. The van der Waals surface area contributed by atoms with Crippen LogP contribution in [0, 0.1) is 5.92 Å². The van der Waals surface area contributed by atoms with E-state index in [2.05, 4.69) is 10.2 Å². The summed E-state index contributed by atoms with van der Waals surface area (Å²) in [5.41, 5.74) is 0. The zero-order valence-electron chi connectivity index (χ0n) is 11.6. The number of hydrogen-bond acceptors (Lipinski definition) is 3. The highest BCUT2D eigenvalue weighted by atomic mass is 16.4. The summed E-state index contributed by atoms with van der Waals surface area (Å²) in [5, 5.41) is 11.7. The first-order chi connectivity index (χ1) is 9.08. The van der Waals surface area contributed by atoms with Gasteiger partial charge in [-0.15, -0.1) is 0 Å². The molecule has 0 aromatic carbocycles. The molecule has 2 aliphatic rings. The number of rotatable bonds is 4. The van der Waals surface area contributed by atoms with Crippen molar-refractivity contribution in [3.63, 3.8) is 0 Å². The van der Waals surface area contributed by atoms with Crippen LogP contribution in [0.4, 0.5) is 0 Å². The predicted octanol–water partition coefficient (Wildman–Crippen LogP) is 1.23. The molecule has 1 amide bonds. The van der Waals surface area contributed by atoms with Crippen LogP contribution in [0.25, 0.3) is 0 Å². The van der Waals surface area contributed by atoms with Gasteiger partial charge in [-0.25, -0.2) is 4.79 Å². The first-order valence-electron chi connectivity index (χ1n) is 7.32. The Morgan fingerprint density at radius 3 is 2.63 bits per heavy atom. The minimum Gasteiger partial charge on any atom is -0.480 e. The summed E-state index contributed by atoms with van der Waals surface area (Å²) in [7, 11) is 0. The van der Waals surface area contributed by atoms with Crippen molar-refractivity contribution >= 4 is 11.9 Å². The van der Waals surface area contributed by atoms with Gasteiger partial charge in [0.2, 0.25) is 5.91 Å². The number of carboxylic acid groups (broad SMARTS) is 1. The quantitative estimate of drug-likeness (QED) is 0.804. The van der Waals surface area contributed by atoms with Crippen molar-refractivity contribution in [2.75, 3.05) is 13.1 Å². The fourth-order valence-electron chi connectivity index (χ4n) is 3.62. The van der Waals surface area contributed by atoms with Crippen molar-refractivity contribution in [1.82, 2.24) is 10.2 Å². The Balaban J connectivity index is 1.98. The van der Waals surface area contributed by atoms with Gasteiger partial charge in [0.05, 0.1) is 0 Å². The SMILES string of the molecule is CC(=O)NC(CN1CCC[C@H]2CCCC[C@H]21)C(=O)O. The van der Waals surface area contributed by atoms with Gasteiger partial charge in [-0.1, -0.05) is 12.8 Å². The molecule has 1 aliphatic carbocycles. The number of likely N-dealkylation sites (tertiary alicyclic amines) is 1.